The summed E-state index contributed by atoms with van der Waals surface area (Å²) < 4.78 is 5.76. The molecule has 1 aromatic carbocycles. The predicted octanol–water partition coefficient (Wildman–Crippen LogP) is 1.56. The molecule has 5 rings (SSSR count). The van der Waals surface area contributed by atoms with E-state index < -0.39 is 52.6 Å². The number of hydrogen-bond donors (Lipinski definition) is 6. The van der Waals surface area contributed by atoms with Crippen LogP contribution in [0.25, 0.3) is 11.3 Å². The summed E-state index contributed by atoms with van der Waals surface area (Å²) in [4.78, 5) is 30.9. The first kappa shape index (κ1) is 24.1. The number of nitrogens with zero attached hydrogens (tertiary/aromatic N) is 1. The molecule has 1 amide bonds. The van der Waals surface area contributed by atoms with Gasteiger partial charge < -0.3 is 35.9 Å². The van der Waals surface area contributed by atoms with Gasteiger partial charge in [0, 0.05) is 36.1 Å². The Morgan fingerprint density at radius 1 is 1.22 bits per heavy atom. The Bertz CT molecular complexity index is 1330. The van der Waals surface area contributed by atoms with E-state index in [2.05, 4.69) is 4.98 Å². The minimum Gasteiger partial charge on any atom is -0.510 e. The summed E-state index contributed by atoms with van der Waals surface area (Å²) in [6.07, 6.45) is 0.514. The molecule has 3 aliphatic carbocycles. The summed E-state index contributed by atoms with van der Waals surface area (Å²) in [5.74, 6) is -3.99. The second-order valence-corrected chi connectivity index (χ2v) is 9.88. The zero-order valence-electron chi connectivity index (χ0n) is 20.1. The van der Waals surface area contributed by atoms with Crippen molar-refractivity contribution in [1.82, 2.24) is 9.88 Å². The van der Waals surface area contributed by atoms with Crippen molar-refractivity contribution < 1.29 is 34.8 Å². The van der Waals surface area contributed by atoms with Crippen molar-refractivity contribution in [2.75, 3.05) is 21.2 Å². The number of primary amides is 1. The van der Waals surface area contributed by atoms with E-state index in [9.17, 15) is 30.0 Å². The van der Waals surface area contributed by atoms with Gasteiger partial charge in [-0.05, 0) is 62.7 Å². The highest BCUT2D eigenvalue weighted by atomic mass is 16.5. The van der Waals surface area contributed by atoms with Gasteiger partial charge in [-0.1, -0.05) is 0 Å². The maximum atomic E-state index is 13.8. The lowest BCUT2D eigenvalue weighted by atomic mass is 9.57. The molecule has 0 radical (unpaired) electrons. The Morgan fingerprint density at radius 2 is 1.94 bits per heavy atom. The molecular formula is C26H29N3O7. The number of aliphatic hydroxyl groups excluding tert-OH is 3. The number of fused-ring (bicyclic) bond motifs is 3. The molecule has 3 aliphatic rings. The van der Waals surface area contributed by atoms with Crippen molar-refractivity contribution >= 4 is 11.7 Å². The number of likely N-dealkylation sites (N-methyl/N-ethyl adjacent to an activating group) is 1. The monoisotopic (exact) mass is 495 g/mol. The van der Waals surface area contributed by atoms with Crippen LogP contribution in [0.5, 0.6) is 5.75 Å². The lowest BCUT2D eigenvalue weighted by Crippen LogP contribution is -2.66. The summed E-state index contributed by atoms with van der Waals surface area (Å²) in [5.41, 5.74) is 5.40. The number of methoxy groups -OCH3 is 1. The quantitative estimate of drug-likeness (QED) is 0.371. The molecule has 0 fully saturated rings. The number of aromatic nitrogens is 1. The normalized spacial score (nSPS) is 29.8. The summed E-state index contributed by atoms with van der Waals surface area (Å²) in [7, 11) is 4.65. The average Bonchev–Trinajstić information content (AvgIpc) is 3.33. The maximum absolute atomic E-state index is 13.8. The SMILES string of the molecule is CO[C@]12C(O)=C3C(=O)c4c(O)ccc(-c5ccc[nH]5)c4C[C@H]3C[C@H]1[C@H](N(C)C)C(O)=C(C(N)=O)[C@H]2O. The number of phenolic OH excluding ortho intramolecular Hbond substituents is 1. The zero-order valence-corrected chi connectivity index (χ0v) is 20.1. The van der Waals surface area contributed by atoms with E-state index in [0.29, 0.717) is 12.0 Å². The van der Waals surface area contributed by atoms with Crippen LogP contribution in [0.2, 0.25) is 0 Å². The third kappa shape index (κ3) is 3.01. The highest BCUT2D eigenvalue weighted by Crippen LogP contribution is 2.55. The van der Waals surface area contributed by atoms with Crippen molar-refractivity contribution in [2.45, 2.75) is 30.6 Å². The van der Waals surface area contributed by atoms with Gasteiger partial charge in [0.25, 0.3) is 5.91 Å². The van der Waals surface area contributed by atoms with Crippen LogP contribution in [0.3, 0.4) is 0 Å². The number of phenols is 1. The second-order valence-electron chi connectivity index (χ2n) is 9.88. The number of ether oxygens (including phenoxy) is 1. The molecule has 2 aromatic rings. The zero-order chi connectivity index (χ0) is 26.1. The predicted molar refractivity (Wildman–Crippen MR) is 129 cm³/mol. The molecule has 7 N–H and O–H groups in total. The van der Waals surface area contributed by atoms with Gasteiger partial charge in [-0.15, -0.1) is 0 Å². The van der Waals surface area contributed by atoms with E-state index in [4.69, 9.17) is 10.5 Å². The molecular weight excluding hydrogens is 466 g/mol. The standard InChI is InChI=1S/C26H29N3O7/c1-29(2)20-14-10-11-9-13-12(15-5-4-8-28-15)6-7-16(30)18(13)21(31)17(11)23(33)26(14,36-3)24(34)19(22(20)32)25(27)35/h4-8,11,14,20,24,28,30,32-34H,9-10H2,1-3H3,(H2,27,35)/t11-,14-,20-,24+,26-/m0/s1. The largest absolute Gasteiger partial charge is 0.510 e. The number of rotatable bonds is 4. The van der Waals surface area contributed by atoms with Crippen molar-refractivity contribution in [3.8, 4) is 17.0 Å². The fourth-order valence-corrected chi connectivity index (χ4v) is 6.51. The van der Waals surface area contributed by atoms with E-state index in [1.54, 1.807) is 31.3 Å². The number of benzene rings is 1. The summed E-state index contributed by atoms with van der Waals surface area (Å²) in [6.45, 7) is 0. The Labute approximate surface area is 207 Å². The number of carbonyl (C=O) groups is 2. The molecule has 10 heteroatoms. The van der Waals surface area contributed by atoms with Gasteiger partial charge in [-0.25, -0.2) is 0 Å². The lowest BCUT2D eigenvalue weighted by molar-refractivity contribution is -0.159. The number of nitrogens with two attached hydrogens (primary N) is 1. The van der Waals surface area contributed by atoms with E-state index in [1.165, 1.54) is 13.2 Å². The first-order valence-corrected chi connectivity index (χ1v) is 11.7. The Kier molecular flexibility index (Phi) is 5.51. The first-order chi connectivity index (χ1) is 17.1. The van der Waals surface area contributed by atoms with Gasteiger partial charge in [-0.2, -0.15) is 0 Å². The molecule has 10 nitrogen and oxygen atoms in total. The van der Waals surface area contributed by atoms with Crippen LogP contribution in [0.1, 0.15) is 22.3 Å². The van der Waals surface area contributed by atoms with Gasteiger partial charge in [0.15, 0.2) is 11.4 Å². The molecule has 1 heterocycles. The minimum absolute atomic E-state index is 0.0151. The molecule has 0 aliphatic heterocycles. The van der Waals surface area contributed by atoms with E-state index in [1.807, 2.05) is 12.1 Å². The van der Waals surface area contributed by atoms with Gasteiger partial charge >= 0.3 is 0 Å². The molecule has 0 saturated carbocycles. The van der Waals surface area contributed by atoms with Crippen LogP contribution in [-0.4, -0.2) is 81.0 Å². The lowest BCUT2D eigenvalue weighted by Gasteiger charge is -2.54. The van der Waals surface area contributed by atoms with E-state index in [0.717, 1.165) is 11.3 Å². The molecule has 0 saturated heterocycles. The number of amides is 1. The maximum Gasteiger partial charge on any atom is 0.250 e. The van der Waals surface area contributed by atoms with Crippen LogP contribution in [0, 0.1) is 11.8 Å². The van der Waals surface area contributed by atoms with Crippen molar-refractivity contribution in [3.63, 3.8) is 0 Å². The summed E-state index contributed by atoms with van der Waals surface area (Å²) >= 11 is 0. The third-order valence-electron chi connectivity index (χ3n) is 8.00. The number of carbonyl (C=O) groups excluding carboxylic acids is 2. The highest BCUT2D eigenvalue weighted by Gasteiger charge is 2.64. The molecule has 0 unspecified atom stereocenters. The number of aliphatic hydroxyl groups is 3. The Hall–Kier alpha value is -3.60. The van der Waals surface area contributed by atoms with Crippen LogP contribution in [-0.2, 0) is 16.0 Å². The summed E-state index contributed by atoms with van der Waals surface area (Å²) in [5, 5.41) is 44.6. The second kappa shape index (κ2) is 8.22. The number of hydrogen-bond acceptors (Lipinski definition) is 8. The molecule has 0 spiro atoms. The van der Waals surface area contributed by atoms with Gasteiger partial charge in [0.1, 0.15) is 23.4 Å². The first-order valence-electron chi connectivity index (χ1n) is 11.7. The van der Waals surface area contributed by atoms with Crippen molar-refractivity contribution in [1.29, 1.82) is 0 Å². The van der Waals surface area contributed by atoms with Crippen LogP contribution in [0.4, 0.5) is 0 Å². The number of aromatic amines is 1. The van der Waals surface area contributed by atoms with Crippen molar-refractivity contribution in [3.05, 3.63) is 64.3 Å². The molecule has 36 heavy (non-hydrogen) atoms. The van der Waals surface area contributed by atoms with Gasteiger partial charge in [-0.3, -0.25) is 14.5 Å². The fourth-order valence-electron chi connectivity index (χ4n) is 6.51. The topological polar surface area (TPSA) is 169 Å². The number of allylic oxidation sites excluding steroid dienone is 1. The van der Waals surface area contributed by atoms with Crippen LogP contribution < -0.4 is 5.73 Å². The number of H-pyrrole nitrogens is 1. The van der Waals surface area contributed by atoms with Crippen molar-refractivity contribution in [2.24, 2.45) is 17.6 Å². The number of aromatic hydroxyl groups is 1. The van der Waals surface area contributed by atoms with Crippen LogP contribution >= 0.6 is 0 Å². The van der Waals surface area contributed by atoms with Gasteiger partial charge in [0.05, 0.1) is 17.2 Å². The van der Waals surface area contributed by atoms with E-state index in [-0.39, 0.29) is 29.1 Å². The smallest absolute Gasteiger partial charge is 0.250 e. The minimum atomic E-state index is -1.91. The number of Topliss-reactive ketones (excluding diaryl/α,β-unsaturated/α-hetero) is 1. The average molecular weight is 496 g/mol. The van der Waals surface area contributed by atoms with E-state index >= 15 is 0 Å². The molecule has 190 valence electrons. The molecule has 5 atom stereocenters. The number of ketones is 1. The van der Waals surface area contributed by atoms with Crippen LogP contribution in [0.15, 0.2) is 53.1 Å². The highest BCUT2D eigenvalue weighted by molar-refractivity contribution is 6.14. The molecule has 0 bridgehead atoms. The molecule has 1 aromatic heterocycles. The van der Waals surface area contributed by atoms with Gasteiger partial charge in [0.2, 0.25) is 0 Å². The number of nitrogens with one attached hydrogen (secondary N) is 1. The fraction of sp³-hybridized carbons (Fsp3) is 0.385. The Morgan fingerprint density at radius 3 is 2.53 bits per heavy atom. The summed E-state index contributed by atoms with van der Waals surface area (Å²) in [6, 6.07) is 6.05. The third-order valence-corrected chi connectivity index (χ3v) is 8.00. The Balaban J connectivity index is 1.75.